The van der Waals surface area contributed by atoms with Crippen molar-refractivity contribution in [1.82, 2.24) is 30.6 Å². The van der Waals surface area contributed by atoms with E-state index < -0.39 is 0 Å². The van der Waals surface area contributed by atoms with Gasteiger partial charge in [-0.15, -0.1) is 0 Å². The molecule has 0 fully saturated rings. The van der Waals surface area contributed by atoms with Gasteiger partial charge in [-0.05, 0) is 30.7 Å². The topological polar surface area (TPSA) is 93.2 Å². The number of hydrogen-bond donors (Lipinski definition) is 2. The Bertz CT molecular complexity index is 838. The van der Waals surface area contributed by atoms with Crippen molar-refractivity contribution in [1.29, 1.82) is 0 Å². The van der Waals surface area contributed by atoms with Crippen molar-refractivity contribution >= 4 is 5.96 Å². The molecule has 0 saturated heterocycles. The minimum Gasteiger partial charge on any atom is -0.350 e. The van der Waals surface area contributed by atoms with Crippen molar-refractivity contribution in [2.24, 2.45) is 4.99 Å². The van der Waals surface area contributed by atoms with Crippen LogP contribution in [0.3, 0.4) is 0 Å². The van der Waals surface area contributed by atoms with Gasteiger partial charge < -0.3 is 15.2 Å². The second-order valence-electron chi connectivity index (χ2n) is 5.57. The molecule has 0 bridgehead atoms. The van der Waals surface area contributed by atoms with Crippen LogP contribution in [0.15, 0.2) is 52.2 Å². The van der Waals surface area contributed by atoms with Crippen molar-refractivity contribution in [2.45, 2.75) is 26.4 Å². The summed E-state index contributed by atoms with van der Waals surface area (Å²) in [5.74, 6) is 1.80. The van der Waals surface area contributed by atoms with Crippen LogP contribution in [-0.2, 0) is 6.54 Å². The molecule has 3 aromatic rings. The average molecular weight is 339 g/mol. The number of aliphatic imine (C=N–C) groups is 1. The van der Waals surface area contributed by atoms with Crippen LogP contribution in [0.5, 0.6) is 0 Å². The Morgan fingerprint density at radius 3 is 2.92 bits per heavy atom. The maximum absolute atomic E-state index is 4.96. The highest BCUT2D eigenvalue weighted by Gasteiger charge is 2.10. The van der Waals surface area contributed by atoms with Crippen LogP contribution in [0, 0.1) is 6.92 Å². The van der Waals surface area contributed by atoms with Crippen LogP contribution < -0.4 is 10.6 Å². The number of nitrogens with one attached hydrogen (secondary N) is 2. The van der Waals surface area contributed by atoms with Gasteiger partial charge in [0.1, 0.15) is 0 Å². The summed E-state index contributed by atoms with van der Waals surface area (Å²) >= 11 is 0. The third-order valence-electron chi connectivity index (χ3n) is 3.70. The summed E-state index contributed by atoms with van der Waals surface area (Å²) in [6, 6.07) is 10.2. The van der Waals surface area contributed by atoms with Crippen LogP contribution >= 0.6 is 0 Å². The molecule has 0 aliphatic carbocycles. The Morgan fingerprint density at radius 1 is 1.36 bits per heavy atom. The van der Waals surface area contributed by atoms with Gasteiger partial charge in [0.25, 0.3) is 0 Å². The Hall–Kier alpha value is -3.16. The molecule has 3 rings (SSSR count). The van der Waals surface area contributed by atoms with E-state index in [1.807, 2.05) is 29.1 Å². The molecule has 0 radical (unpaired) electrons. The Labute approximate surface area is 146 Å². The molecule has 8 nitrogen and oxygen atoms in total. The van der Waals surface area contributed by atoms with Crippen molar-refractivity contribution in [2.75, 3.05) is 7.05 Å². The van der Waals surface area contributed by atoms with E-state index >= 15 is 0 Å². The molecule has 0 amide bonds. The summed E-state index contributed by atoms with van der Waals surface area (Å²) in [4.78, 5) is 8.40. The molecule has 130 valence electrons. The molecular weight excluding hydrogens is 318 g/mol. The fourth-order valence-corrected chi connectivity index (χ4v) is 2.42. The summed E-state index contributed by atoms with van der Waals surface area (Å²) in [5.41, 5.74) is 2.15. The molecule has 0 spiro atoms. The van der Waals surface area contributed by atoms with Crippen LogP contribution in [0.4, 0.5) is 0 Å². The number of rotatable bonds is 5. The summed E-state index contributed by atoms with van der Waals surface area (Å²) in [6.07, 6.45) is 3.68. The average Bonchev–Trinajstić information content (AvgIpc) is 3.30. The van der Waals surface area contributed by atoms with Crippen molar-refractivity contribution in [3.63, 3.8) is 0 Å². The number of aromatic nitrogens is 4. The summed E-state index contributed by atoms with van der Waals surface area (Å²) in [6.45, 7) is 4.28. The first-order valence-corrected chi connectivity index (χ1v) is 8.02. The maximum atomic E-state index is 4.96. The highest BCUT2D eigenvalue weighted by Crippen LogP contribution is 2.16. The lowest BCUT2D eigenvalue weighted by atomic mass is 10.1. The lowest BCUT2D eigenvalue weighted by Crippen LogP contribution is -2.38. The number of guanidine groups is 1. The van der Waals surface area contributed by atoms with Gasteiger partial charge >= 0.3 is 0 Å². The van der Waals surface area contributed by atoms with E-state index in [9.17, 15) is 0 Å². The molecule has 2 aromatic heterocycles. The predicted octanol–water partition coefficient (Wildman–Crippen LogP) is 1.99. The zero-order chi connectivity index (χ0) is 17.6. The standard InChI is InChI=1S/C17H21N7O/c1-12(14-6-4-7-15(10-14)24-9-5-8-20-24)21-17(18-3)19-11-16-22-13(2)25-23-16/h4-10,12H,11H2,1-3H3,(H2,18,19,21). The van der Waals surface area contributed by atoms with Gasteiger partial charge in [-0.2, -0.15) is 10.1 Å². The summed E-state index contributed by atoms with van der Waals surface area (Å²) < 4.78 is 6.79. The van der Waals surface area contributed by atoms with E-state index in [1.54, 1.807) is 20.2 Å². The summed E-state index contributed by atoms with van der Waals surface area (Å²) in [5, 5.41) is 14.7. The lowest BCUT2D eigenvalue weighted by molar-refractivity contribution is 0.386. The minimum atomic E-state index is 0.0636. The highest BCUT2D eigenvalue weighted by atomic mass is 16.5. The van der Waals surface area contributed by atoms with Gasteiger partial charge in [0.15, 0.2) is 11.8 Å². The number of benzene rings is 1. The Balaban J connectivity index is 1.64. The molecule has 1 unspecified atom stereocenters. The van der Waals surface area contributed by atoms with Crippen molar-refractivity contribution in [3.05, 3.63) is 60.0 Å². The molecule has 25 heavy (non-hydrogen) atoms. The van der Waals surface area contributed by atoms with Gasteiger partial charge in [-0.1, -0.05) is 17.3 Å². The number of aryl methyl sites for hydroxylation is 1. The quantitative estimate of drug-likeness (QED) is 0.545. The number of nitrogens with zero attached hydrogens (tertiary/aromatic N) is 5. The van der Waals surface area contributed by atoms with E-state index in [1.165, 1.54) is 0 Å². The van der Waals surface area contributed by atoms with E-state index in [2.05, 4.69) is 49.9 Å². The molecule has 8 heteroatoms. The van der Waals surface area contributed by atoms with Crippen molar-refractivity contribution in [3.8, 4) is 5.69 Å². The van der Waals surface area contributed by atoms with E-state index in [4.69, 9.17) is 4.52 Å². The molecule has 0 aliphatic rings. The van der Waals surface area contributed by atoms with E-state index in [0.29, 0.717) is 24.2 Å². The molecule has 0 aliphatic heterocycles. The monoisotopic (exact) mass is 339 g/mol. The molecular formula is C17H21N7O. The fourth-order valence-electron chi connectivity index (χ4n) is 2.42. The minimum absolute atomic E-state index is 0.0636. The second-order valence-corrected chi connectivity index (χ2v) is 5.57. The van der Waals surface area contributed by atoms with Gasteiger partial charge in [0.05, 0.1) is 18.3 Å². The van der Waals surface area contributed by atoms with Crippen LogP contribution in [0.2, 0.25) is 0 Å². The zero-order valence-electron chi connectivity index (χ0n) is 14.5. The number of hydrogen-bond acceptors (Lipinski definition) is 5. The molecule has 0 saturated carbocycles. The largest absolute Gasteiger partial charge is 0.350 e. The van der Waals surface area contributed by atoms with Gasteiger partial charge in [0.2, 0.25) is 5.89 Å². The normalized spacial score (nSPS) is 12.8. The fraction of sp³-hybridized carbons (Fsp3) is 0.294. The first kappa shape index (κ1) is 16.7. The highest BCUT2D eigenvalue weighted by molar-refractivity contribution is 5.80. The van der Waals surface area contributed by atoms with E-state index in [-0.39, 0.29) is 6.04 Å². The molecule has 2 heterocycles. The zero-order valence-corrected chi connectivity index (χ0v) is 14.5. The summed E-state index contributed by atoms with van der Waals surface area (Å²) in [7, 11) is 1.73. The maximum Gasteiger partial charge on any atom is 0.223 e. The van der Waals surface area contributed by atoms with E-state index in [0.717, 1.165) is 11.3 Å². The van der Waals surface area contributed by atoms with Gasteiger partial charge in [-0.25, -0.2) is 4.68 Å². The second kappa shape index (κ2) is 7.61. The predicted molar refractivity (Wildman–Crippen MR) is 94.3 cm³/mol. The lowest BCUT2D eigenvalue weighted by Gasteiger charge is -2.18. The van der Waals surface area contributed by atoms with Crippen LogP contribution in [-0.4, -0.2) is 32.9 Å². The molecule has 2 N–H and O–H groups in total. The first-order chi connectivity index (χ1) is 12.2. The SMILES string of the molecule is CN=C(NCc1noc(C)n1)NC(C)c1cccc(-n2cccn2)c1. The van der Waals surface area contributed by atoms with Gasteiger partial charge in [0, 0.05) is 26.4 Å². The Morgan fingerprint density at radius 2 is 2.24 bits per heavy atom. The smallest absolute Gasteiger partial charge is 0.223 e. The molecule has 1 aromatic carbocycles. The third-order valence-corrected chi connectivity index (χ3v) is 3.70. The first-order valence-electron chi connectivity index (χ1n) is 8.02. The van der Waals surface area contributed by atoms with Crippen LogP contribution in [0.1, 0.15) is 30.2 Å². The van der Waals surface area contributed by atoms with Crippen LogP contribution in [0.25, 0.3) is 5.69 Å². The molecule has 1 atom stereocenters. The van der Waals surface area contributed by atoms with Crippen molar-refractivity contribution < 1.29 is 4.52 Å². The van der Waals surface area contributed by atoms with Gasteiger partial charge in [-0.3, -0.25) is 4.99 Å². The Kier molecular flexibility index (Phi) is 5.08. The third kappa shape index (κ3) is 4.23.